The maximum atomic E-state index is 11.4. The molecule has 70 valence electrons. The van der Waals surface area contributed by atoms with Gasteiger partial charge < -0.3 is 5.11 Å². The predicted octanol–water partition coefficient (Wildman–Crippen LogP) is 0.421. The highest BCUT2D eigenvalue weighted by atomic mass is 16.3. The lowest BCUT2D eigenvalue weighted by molar-refractivity contribution is -0.125. The summed E-state index contributed by atoms with van der Waals surface area (Å²) in [6.07, 6.45) is 0.833. The minimum absolute atomic E-state index is 0.168. The van der Waals surface area contributed by atoms with Crippen molar-refractivity contribution in [3.8, 4) is 0 Å². The van der Waals surface area contributed by atoms with Gasteiger partial charge in [0.15, 0.2) is 5.78 Å². The molecule has 0 aliphatic carbocycles. The third kappa shape index (κ3) is 1.67. The number of hydrogen-bond donors (Lipinski definition) is 1. The quantitative estimate of drug-likeness (QED) is 0.669. The minimum atomic E-state index is -0.433. The molecule has 1 aliphatic rings. The van der Waals surface area contributed by atoms with Crippen molar-refractivity contribution in [1.29, 1.82) is 0 Å². The molecule has 0 radical (unpaired) electrons. The summed E-state index contributed by atoms with van der Waals surface area (Å²) in [4.78, 5) is 13.4. The van der Waals surface area contributed by atoms with Gasteiger partial charge in [0.25, 0.3) is 0 Å². The van der Waals surface area contributed by atoms with Gasteiger partial charge in [-0.15, -0.1) is 0 Å². The topological polar surface area (TPSA) is 40.5 Å². The van der Waals surface area contributed by atoms with E-state index in [-0.39, 0.29) is 11.8 Å². The molecule has 12 heavy (non-hydrogen) atoms. The number of likely N-dealkylation sites (tertiary alicyclic amines) is 1. The molecule has 1 saturated heterocycles. The van der Waals surface area contributed by atoms with E-state index < -0.39 is 6.10 Å². The van der Waals surface area contributed by atoms with Crippen LogP contribution in [-0.2, 0) is 4.79 Å². The highest BCUT2D eigenvalue weighted by molar-refractivity contribution is 5.84. The van der Waals surface area contributed by atoms with Crippen LogP contribution in [0.4, 0.5) is 0 Å². The molecule has 0 aromatic rings. The molecule has 1 aliphatic heterocycles. The van der Waals surface area contributed by atoms with E-state index in [1.807, 2.05) is 13.8 Å². The predicted molar refractivity (Wildman–Crippen MR) is 47.0 cm³/mol. The van der Waals surface area contributed by atoms with Crippen LogP contribution in [0.5, 0.6) is 0 Å². The van der Waals surface area contributed by atoms with Gasteiger partial charge in [0.05, 0.1) is 12.1 Å². The molecule has 0 saturated carbocycles. The number of carbonyl (C=O) groups excluding carboxylic acids is 1. The Labute approximate surface area is 73.4 Å². The second kappa shape index (κ2) is 4.01. The van der Waals surface area contributed by atoms with Crippen LogP contribution in [0.2, 0.25) is 0 Å². The van der Waals surface area contributed by atoms with Crippen LogP contribution in [0.1, 0.15) is 26.7 Å². The van der Waals surface area contributed by atoms with E-state index in [0.29, 0.717) is 6.42 Å². The van der Waals surface area contributed by atoms with Gasteiger partial charge in [-0.05, 0) is 13.0 Å². The van der Waals surface area contributed by atoms with Gasteiger partial charge in [0.1, 0.15) is 0 Å². The normalized spacial score (nSPS) is 30.9. The fraction of sp³-hybridized carbons (Fsp3) is 0.889. The van der Waals surface area contributed by atoms with Crippen LogP contribution >= 0.6 is 0 Å². The van der Waals surface area contributed by atoms with Gasteiger partial charge >= 0.3 is 0 Å². The Bertz CT molecular complexity index is 170. The fourth-order valence-electron chi connectivity index (χ4n) is 1.82. The second-order valence-corrected chi connectivity index (χ2v) is 3.25. The number of Topliss-reactive ketones (excluding diaryl/α,β-unsaturated/α-hetero) is 1. The summed E-state index contributed by atoms with van der Waals surface area (Å²) < 4.78 is 0. The lowest BCUT2D eigenvalue weighted by atomic mass is 10.1. The Morgan fingerprint density at radius 3 is 2.75 bits per heavy atom. The van der Waals surface area contributed by atoms with Crippen LogP contribution in [0.25, 0.3) is 0 Å². The molecule has 2 atom stereocenters. The zero-order chi connectivity index (χ0) is 9.14. The van der Waals surface area contributed by atoms with E-state index in [9.17, 15) is 9.90 Å². The van der Waals surface area contributed by atoms with Gasteiger partial charge in [-0.3, -0.25) is 9.69 Å². The standard InChI is InChI=1S/C9H17NO2/c1-3-7(11)9-8(12)5-6-10(9)4-2/h8-9,12H,3-6H2,1-2H3. The van der Waals surface area contributed by atoms with Crippen LogP contribution in [0.15, 0.2) is 0 Å². The molecule has 1 rings (SSSR count). The average molecular weight is 171 g/mol. The van der Waals surface area contributed by atoms with Crippen LogP contribution in [-0.4, -0.2) is 41.0 Å². The third-order valence-corrected chi connectivity index (χ3v) is 2.55. The Hall–Kier alpha value is -0.410. The number of ketones is 1. The molecule has 0 spiro atoms. The Morgan fingerprint density at radius 2 is 2.25 bits per heavy atom. The molecule has 3 heteroatoms. The number of nitrogens with zero attached hydrogens (tertiary/aromatic N) is 1. The summed E-state index contributed by atoms with van der Waals surface area (Å²) in [5.41, 5.74) is 0. The largest absolute Gasteiger partial charge is 0.391 e. The highest BCUT2D eigenvalue weighted by Crippen LogP contribution is 2.18. The monoisotopic (exact) mass is 171 g/mol. The summed E-state index contributed by atoms with van der Waals surface area (Å²) in [7, 11) is 0. The average Bonchev–Trinajstić information content (AvgIpc) is 2.45. The number of rotatable bonds is 3. The first-order valence-electron chi connectivity index (χ1n) is 4.65. The molecular weight excluding hydrogens is 154 g/mol. The van der Waals surface area contributed by atoms with Crippen molar-refractivity contribution in [3.63, 3.8) is 0 Å². The summed E-state index contributed by atoms with van der Waals surface area (Å²) >= 11 is 0. The Kier molecular flexibility index (Phi) is 3.23. The van der Waals surface area contributed by atoms with E-state index in [2.05, 4.69) is 4.90 Å². The molecule has 0 aromatic heterocycles. The van der Waals surface area contributed by atoms with Crippen LogP contribution < -0.4 is 0 Å². The summed E-state index contributed by atoms with van der Waals surface area (Å²) in [6, 6.07) is -0.222. The molecule has 2 unspecified atom stereocenters. The first-order chi connectivity index (χ1) is 5.70. The molecule has 0 aromatic carbocycles. The van der Waals surface area contributed by atoms with Gasteiger partial charge in [0, 0.05) is 13.0 Å². The number of carbonyl (C=O) groups is 1. The second-order valence-electron chi connectivity index (χ2n) is 3.25. The maximum absolute atomic E-state index is 11.4. The van der Waals surface area contributed by atoms with Crippen molar-refractivity contribution in [3.05, 3.63) is 0 Å². The van der Waals surface area contributed by atoms with E-state index in [4.69, 9.17) is 0 Å². The van der Waals surface area contributed by atoms with E-state index >= 15 is 0 Å². The van der Waals surface area contributed by atoms with Crippen LogP contribution in [0, 0.1) is 0 Å². The van der Waals surface area contributed by atoms with Crippen molar-refractivity contribution in [1.82, 2.24) is 4.90 Å². The van der Waals surface area contributed by atoms with Crippen molar-refractivity contribution < 1.29 is 9.90 Å². The number of hydrogen-bond acceptors (Lipinski definition) is 3. The third-order valence-electron chi connectivity index (χ3n) is 2.55. The van der Waals surface area contributed by atoms with Crippen LogP contribution in [0.3, 0.4) is 0 Å². The van der Waals surface area contributed by atoms with Gasteiger partial charge in [-0.25, -0.2) is 0 Å². The van der Waals surface area contributed by atoms with Crippen molar-refractivity contribution in [2.75, 3.05) is 13.1 Å². The summed E-state index contributed by atoms with van der Waals surface area (Å²) in [5, 5.41) is 9.53. The van der Waals surface area contributed by atoms with Crippen molar-refractivity contribution >= 4 is 5.78 Å². The smallest absolute Gasteiger partial charge is 0.152 e. The molecule has 1 N–H and O–H groups in total. The van der Waals surface area contributed by atoms with E-state index in [1.165, 1.54) is 0 Å². The Morgan fingerprint density at radius 1 is 1.58 bits per heavy atom. The van der Waals surface area contributed by atoms with E-state index in [1.54, 1.807) is 0 Å². The SMILES string of the molecule is CCC(=O)C1C(O)CCN1CC. The van der Waals surface area contributed by atoms with Gasteiger partial charge in [0.2, 0.25) is 0 Å². The highest BCUT2D eigenvalue weighted by Gasteiger charge is 2.35. The number of aliphatic hydroxyl groups is 1. The minimum Gasteiger partial charge on any atom is -0.391 e. The number of aliphatic hydroxyl groups excluding tert-OH is 1. The van der Waals surface area contributed by atoms with Gasteiger partial charge in [-0.1, -0.05) is 13.8 Å². The fourth-order valence-corrected chi connectivity index (χ4v) is 1.82. The number of likely N-dealkylation sites (N-methyl/N-ethyl adjacent to an activating group) is 1. The molecule has 0 bridgehead atoms. The zero-order valence-electron chi connectivity index (χ0n) is 7.79. The summed E-state index contributed by atoms with van der Waals surface area (Å²) in [5.74, 6) is 0.168. The lowest BCUT2D eigenvalue weighted by Crippen LogP contribution is -2.41. The molecule has 1 fully saturated rings. The zero-order valence-corrected chi connectivity index (χ0v) is 7.79. The first kappa shape index (κ1) is 9.68. The maximum Gasteiger partial charge on any atom is 0.152 e. The Balaban J connectivity index is 2.63. The first-order valence-corrected chi connectivity index (χ1v) is 4.65. The van der Waals surface area contributed by atoms with Gasteiger partial charge in [-0.2, -0.15) is 0 Å². The molecule has 3 nitrogen and oxygen atoms in total. The molecular formula is C9H17NO2. The van der Waals surface area contributed by atoms with E-state index in [0.717, 1.165) is 19.5 Å². The van der Waals surface area contributed by atoms with Crippen molar-refractivity contribution in [2.45, 2.75) is 38.8 Å². The lowest BCUT2D eigenvalue weighted by Gasteiger charge is -2.22. The van der Waals surface area contributed by atoms with Crippen molar-refractivity contribution in [2.24, 2.45) is 0 Å². The molecule has 0 amide bonds. The molecule has 1 heterocycles. The summed E-state index contributed by atoms with van der Waals surface area (Å²) in [6.45, 7) is 5.58.